The van der Waals surface area contributed by atoms with E-state index in [1.807, 2.05) is 13.8 Å². The van der Waals surface area contributed by atoms with Gasteiger partial charge in [0, 0.05) is 6.61 Å². The lowest BCUT2D eigenvalue weighted by Gasteiger charge is -2.24. The van der Waals surface area contributed by atoms with Crippen molar-refractivity contribution in [2.24, 2.45) is 0 Å². The maximum absolute atomic E-state index is 6.04. The second-order valence-electron chi connectivity index (χ2n) is 4.09. The number of aryl methyl sites for hydroxylation is 2. The fourth-order valence-corrected chi connectivity index (χ4v) is 1.94. The van der Waals surface area contributed by atoms with Gasteiger partial charge < -0.3 is 10.1 Å². The minimum absolute atomic E-state index is 0.294. The van der Waals surface area contributed by atoms with Gasteiger partial charge in [-0.1, -0.05) is 11.6 Å². The summed E-state index contributed by atoms with van der Waals surface area (Å²) in [6.07, 6.45) is 2.17. The number of nitrogens with one attached hydrogen (secondary N) is 1. The highest BCUT2D eigenvalue weighted by Gasteiger charge is 2.16. The monoisotopic (exact) mass is 241 g/mol. The molecule has 0 bridgehead atoms. The van der Waals surface area contributed by atoms with E-state index in [2.05, 4.69) is 15.3 Å². The maximum atomic E-state index is 6.04. The number of rotatable bonds is 2. The predicted octanol–water partition coefficient (Wildman–Crippen LogP) is 2.34. The van der Waals surface area contributed by atoms with Gasteiger partial charge in [-0.3, -0.25) is 0 Å². The van der Waals surface area contributed by atoms with Crippen LogP contribution in [0.4, 0.5) is 5.82 Å². The first-order chi connectivity index (χ1) is 7.66. The molecule has 1 atom stereocenters. The van der Waals surface area contributed by atoms with E-state index in [9.17, 15) is 0 Å². The van der Waals surface area contributed by atoms with Crippen LogP contribution in [0.2, 0.25) is 5.15 Å². The third-order valence-corrected chi connectivity index (χ3v) is 3.03. The summed E-state index contributed by atoms with van der Waals surface area (Å²) in [6.45, 7) is 5.40. The van der Waals surface area contributed by atoms with Gasteiger partial charge in [-0.2, -0.15) is 0 Å². The summed E-state index contributed by atoms with van der Waals surface area (Å²) in [7, 11) is 0. The molecular weight excluding hydrogens is 226 g/mol. The summed E-state index contributed by atoms with van der Waals surface area (Å²) in [6, 6.07) is 0.294. The lowest BCUT2D eigenvalue weighted by molar-refractivity contribution is 0.0875. The fraction of sp³-hybridized carbons (Fsp3) is 0.636. The van der Waals surface area contributed by atoms with E-state index in [-0.39, 0.29) is 0 Å². The zero-order valence-electron chi connectivity index (χ0n) is 9.59. The molecule has 1 unspecified atom stereocenters. The average Bonchev–Trinajstić information content (AvgIpc) is 2.27. The molecule has 88 valence electrons. The van der Waals surface area contributed by atoms with Crippen LogP contribution in [0, 0.1) is 13.8 Å². The highest BCUT2D eigenvalue weighted by atomic mass is 35.5. The summed E-state index contributed by atoms with van der Waals surface area (Å²) in [4.78, 5) is 8.64. The number of nitrogens with zero attached hydrogens (tertiary/aromatic N) is 2. The molecule has 0 aromatic carbocycles. The summed E-state index contributed by atoms with van der Waals surface area (Å²) in [5.41, 5.74) is 1.78. The van der Waals surface area contributed by atoms with Crippen LogP contribution >= 0.6 is 11.6 Å². The summed E-state index contributed by atoms with van der Waals surface area (Å²) in [5, 5.41) is 3.73. The molecule has 0 aliphatic carbocycles. The van der Waals surface area contributed by atoms with Crippen LogP contribution in [0.5, 0.6) is 0 Å². The Bertz CT molecular complexity index is 378. The molecular formula is C11H16ClN3O. The van der Waals surface area contributed by atoms with Crippen molar-refractivity contribution in [2.45, 2.75) is 32.7 Å². The number of aromatic nitrogens is 2. The number of hydrogen-bond donors (Lipinski definition) is 1. The lowest BCUT2D eigenvalue weighted by atomic mass is 10.1. The molecule has 1 aliphatic rings. The van der Waals surface area contributed by atoms with E-state index in [0.717, 1.165) is 30.8 Å². The molecule has 0 radical (unpaired) electrons. The van der Waals surface area contributed by atoms with Crippen LogP contribution < -0.4 is 5.32 Å². The largest absolute Gasteiger partial charge is 0.379 e. The molecule has 1 aromatic rings. The zero-order chi connectivity index (χ0) is 11.5. The maximum Gasteiger partial charge on any atom is 0.171 e. The molecule has 1 fully saturated rings. The van der Waals surface area contributed by atoms with E-state index < -0.39 is 0 Å². The topological polar surface area (TPSA) is 47.0 Å². The normalized spacial score (nSPS) is 20.8. The Morgan fingerprint density at radius 2 is 2.06 bits per heavy atom. The standard InChI is InChI=1S/C11H16ClN3O/c1-7-8(2)14-11(10(12)13-7)15-9-4-3-5-16-6-9/h9H,3-6H2,1-2H3,(H,14,15). The summed E-state index contributed by atoms with van der Waals surface area (Å²) in [5.74, 6) is 0.667. The zero-order valence-corrected chi connectivity index (χ0v) is 10.3. The fourth-order valence-electron chi connectivity index (χ4n) is 1.72. The Labute approximate surface area is 100 Å². The molecule has 1 aliphatic heterocycles. The third-order valence-electron chi connectivity index (χ3n) is 2.77. The molecule has 0 spiro atoms. The van der Waals surface area contributed by atoms with Crippen molar-refractivity contribution in [3.05, 3.63) is 16.5 Å². The van der Waals surface area contributed by atoms with Crippen LogP contribution in [-0.2, 0) is 4.74 Å². The Morgan fingerprint density at radius 1 is 1.31 bits per heavy atom. The first kappa shape index (κ1) is 11.6. The highest BCUT2D eigenvalue weighted by Crippen LogP contribution is 2.21. The van der Waals surface area contributed by atoms with Crippen LogP contribution in [0.1, 0.15) is 24.2 Å². The van der Waals surface area contributed by atoms with Gasteiger partial charge in [-0.15, -0.1) is 0 Å². The first-order valence-corrected chi connectivity index (χ1v) is 5.89. The average molecular weight is 242 g/mol. The Balaban J connectivity index is 2.11. The molecule has 4 nitrogen and oxygen atoms in total. The van der Waals surface area contributed by atoms with Gasteiger partial charge in [0.15, 0.2) is 11.0 Å². The van der Waals surface area contributed by atoms with Crippen molar-refractivity contribution >= 4 is 17.4 Å². The molecule has 1 N–H and O–H groups in total. The van der Waals surface area contributed by atoms with Gasteiger partial charge in [0.05, 0.1) is 24.0 Å². The molecule has 1 saturated heterocycles. The van der Waals surface area contributed by atoms with Gasteiger partial charge in [0.25, 0.3) is 0 Å². The molecule has 5 heteroatoms. The molecule has 0 saturated carbocycles. The second-order valence-corrected chi connectivity index (χ2v) is 4.45. The van der Waals surface area contributed by atoms with Crippen LogP contribution in [0.25, 0.3) is 0 Å². The van der Waals surface area contributed by atoms with E-state index in [1.54, 1.807) is 0 Å². The SMILES string of the molecule is Cc1nc(Cl)c(NC2CCCOC2)nc1C. The Kier molecular flexibility index (Phi) is 3.61. The van der Waals surface area contributed by atoms with Crippen molar-refractivity contribution in [2.75, 3.05) is 18.5 Å². The predicted molar refractivity (Wildman–Crippen MR) is 64.0 cm³/mol. The van der Waals surface area contributed by atoms with E-state index in [0.29, 0.717) is 23.6 Å². The molecule has 16 heavy (non-hydrogen) atoms. The number of halogens is 1. The minimum Gasteiger partial charge on any atom is -0.379 e. The Hall–Kier alpha value is -0.870. The quantitative estimate of drug-likeness (QED) is 0.864. The Morgan fingerprint density at radius 3 is 2.75 bits per heavy atom. The molecule has 1 aromatic heterocycles. The van der Waals surface area contributed by atoms with Gasteiger partial charge in [-0.05, 0) is 26.7 Å². The van der Waals surface area contributed by atoms with Crippen molar-refractivity contribution in [1.82, 2.24) is 9.97 Å². The molecule has 0 amide bonds. The van der Waals surface area contributed by atoms with Gasteiger partial charge in [0.2, 0.25) is 0 Å². The van der Waals surface area contributed by atoms with Crippen molar-refractivity contribution < 1.29 is 4.74 Å². The third kappa shape index (κ3) is 2.62. The van der Waals surface area contributed by atoms with Crippen LogP contribution in [0.15, 0.2) is 0 Å². The van der Waals surface area contributed by atoms with Crippen molar-refractivity contribution in [3.8, 4) is 0 Å². The summed E-state index contributed by atoms with van der Waals surface area (Å²) >= 11 is 6.04. The molecule has 2 heterocycles. The number of anilines is 1. The molecule has 2 rings (SSSR count). The smallest absolute Gasteiger partial charge is 0.171 e. The van der Waals surface area contributed by atoms with Crippen molar-refractivity contribution in [3.63, 3.8) is 0 Å². The second kappa shape index (κ2) is 4.97. The van der Waals surface area contributed by atoms with Gasteiger partial charge >= 0.3 is 0 Å². The van der Waals surface area contributed by atoms with E-state index in [4.69, 9.17) is 16.3 Å². The minimum atomic E-state index is 0.294. The highest BCUT2D eigenvalue weighted by molar-refractivity contribution is 6.31. The van der Waals surface area contributed by atoms with E-state index in [1.165, 1.54) is 0 Å². The summed E-state index contributed by atoms with van der Waals surface area (Å²) < 4.78 is 5.39. The number of ether oxygens (including phenoxy) is 1. The van der Waals surface area contributed by atoms with Crippen LogP contribution in [-0.4, -0.2) is 29.2 Å². The van der Waals surface area contributed by atoms with E-state index >= 15 is 0 Å². The number of hydrogen-bond acceptors (Lipinski definition) is 4. The van der Waals surface area contributed by atoms with Gasteiger partial charge in [0.1, 0.15) is 0 Å². The van der Waals surface area contributed by atoms with Gasteiger partial charge in [-0.25, -0.2) is 9.97 Å². The van der Waals surface area contributed by atoms with Crippen LogP contribution in [0.3, 0.4) is 0 Å². The van der Waals surface area contributed by atoms with Crippen molar-refractivity contribution in [1.29, 1.82) is 0 Å². The first-order valence-electron chi connectivity index (χ1n) is 5.52. The lowest BCUT2D eigenvalue weighted by Crippen LogP contribution is -2.30.